The molecule has 1 unspecified atom stereocenters. The predicted molar refractivity (Wildman–Crippen MR) is 57.6 cm³/mol. The van der Waals surface area contributed by atoms with Crippen molar-refractivity contribution in [3.05, 3.63) is 0 Å². The van der Waals surface area contributed by atoms with Crippen LogP contribution >= 0.6 is 0 Å². The first kappa shape index (κ1) is 10.9. The maximum Gasteiger partial charge on any atom is 0.234 e. The molecular formula is C11H20N2O2. The summed E-state index contributed by atoms with van der Waals surface area (Å²) in [7, 11) is 0. The molecule has 15 heavy (non-hydrogen) atoms. The minimum Gasteiger partial charge on any atom is -0.373 e. The van der Waals surface area contributed by atoms with Gasteiger partial charge in [-0.3, -0.25) is 4.79 Å². The van der Waals surface area contributed by atoms with Gasteiger partial charge < -0.3 is 15.4 Å². The van der Waals surface area contributed by atoms with E-state index in [0.29, 0.717) is 19.1 Å². The summed E-state index contributed by atoms with van der Waals surface area (Å²) in [6, 6.07) is 0.592. The van der Waals surface area contributed by atoms with Gasteiger partial charge in [-0.25, -0.2) is 0 Å². The van der Waals surface area contributed by atoms with Gasteiger partial charge in [-0.2, -0.15) is 0 Å². The lowest BCUT2D eigenvalue weighted by atomic mass is 10.0. The fourth-order valence-corrected chi connectivity index (χ4v) is 1.85. The molecule has 0 radical (unpaired) electrons. The standard InChI is InChI=1S/C11H20N2O2/c1-11(5-2-6-15-11)8-13-10(14)7-12-9-3-4-9/h9,12H,2-8H2,1H3,(H,13,14). The van der Waals surface area contributed by atoms with Crippen LogP contribution < -0.4 is 10.6 Å². The van der Waals surface area contributed by atoms with E-state index in [0.717, 1.165) is 19.4 Å². The summed E-state index contributed by atoms with van der Waals surface area (Å²) in [5, 5.41) is 6.11. The van der Waals surface area contributed by atoms with Gasteiger partial charge in [0.2, 0.25) is 5.91 Å². The molecule has 86 valence electrons. The first-order valence-electron chi connectivity index (χ1n) is 5.82. The second-order valence-electron chi connectivity index (χ2n) is 4.83. The Hall–Kier alpha value is -0.610. The zero-order valence-electron chi connectivity index (χ0n) is 9.34. The van der Waals surface area contributed by atoms with Crippen LogP contribution in [0.25, 0.3) is 0 Å². The molecule has 4 heteroatoms. The van der Waals surface area contributed by atoms with Gasteiger partial charge in [0.1, 0.15) is 0 Å². The van der Waals surface area contributed by atoms with Crippen molar-refractivity contribution in [2.24, 2.45) is 0 Å². The summed E-state index contributed by atoms with van der Waals surface area (Å²) in [6.07, 6.45) is 4.58. The number of amides is 1. The fraction of sp³-hybridized carbons (Fsp3) is 0.909. The third-order valence-electron chi connectivity index (χ3n) is 3.09. The zero-order valence-corrected chi connectivity index (χ0v) is 9.34. The highest BCUT2D eigenvalue weighted by atomic mass is 16.5. The topological polar surface area (TPSA) is 50.4 Å². The summed E-state index contributed by atoms with van der Waals surface area (Å²) in [6.45, 7) is 3.97. The van der Waals surface area contributed by atoms with Crippen LogP contribution in [0.4, 0.5) is 0 Å². The maximum absolute atomic E-state index is 11.4. The van der Waals surface area contributed by atoms with E-state index < -0.39 is 0 Å². The Bertz CT molecular complexity index is 233. The third-order valence-corrected chi connectivity index (χ3v) is 3.09. The van der Waals surface area contributed by atoms with Gasteiger partial charge in [0.15, 0.2) is 0 Å². The Balaban J connectivity index is 1.60. The number of ether oxygens (including phenoxy) is 1. The van der Waals surface area contributed by atoms with Gasteiger partial charge in [-0.05, 0) is 32.6 Å². The SMILES string of the molecule is CC1(CNC(=O)CNC2CC2)CCCO1. The van der Waals surface area contributed by atoms with Gasteiger partial charge >= 0.3 is 0 Å². The second kappa shape index (κ2) is 4.49. The van der Waals surface area contributed by atoms with E-state index in [1.165, 1.54) is 12.8 Å². The Labute approximate surface area is 90.8 Å². The highest BCUT2D eigenvalue weighted by Crippen LogP contribution is 2.23. The van der Waals surface area contributed by atoms with Gasteiger partial charge in [0.05, 0.1) is 12.1 Å². The second-order valence-corrected chi connectivity index (χ2v) is 4.83. The Morgan fingerprint density at radius 1 is 1.53 bits per heavy atom. The molecule has 0 aromatic carbocycles. The summed E-state index contributed by atoms with van der Waals surface area (Å²) < 4.78 is 5.59. The Morgan fingerprint density at radius 2 is 2.33 bits per heavy atom. The van der Waals surface area contributed by atoms with Gasteiger partial charge in [-0.15, -0.1) is 0 Å². The first-order chi connectivity index (χ1) is 7.18. The van der Waals surface area contributed by atoms with E-state index >= 15 is 0 Å². The van der Waals surface area contributed by atoms with Gasteiger partial charge in [-0.1, -0.05) is 0 Å². The minimum atomic E-state index is -0.130. The highest BCUT2D eigenvalue weighted by Gasteiger charge is 2.30. The molecule has 0 spiro atoms. The number of carbonyl (C=O) groups excluding carboxylic acids is 1. The minimum absolute atomic E-state index is 0.0821. The Morgan fingerprint density at radius 3 is 2.93 bits per heavy atom. The van der Waals surface area contributed by atoms with Crippen LogP contribution in [0.15, 0.2) is 0 Å². The lowest BCUT2D eigenvalue weighted by molar-refractivity contribution is -0.121. The van der Waals surface area contributed by atoms with Crippen molar-refractivity contribution in [1.29, 1.82) is 0 Å². The summed E-state index contributed by atoms with van der Waals surface area (Å²) in [4.78, 5) is 11.4. The molecule has 1 saturated carbocycles. The predicted octanol–water partition coefficient (Wildman–Crippen LogP) is 0.424. The molecule has 1 heterocycles. The fourth-order valence-electron chi connectivity index (χ4n) is 1.85. The number of hydrogen-bond donors (Lipinski definition) is 2. The van der Waals surface area contributed by atoms with Crippen molar-refractivity contribution in [1.82, 2.24) is 10.6 Å². The van der Waals surface area contributed by atoms with E-state index in [4.69, 9.17) is 4.74 Å². The zero-order chi connectivity index (χ0) is 10.7. The molecule has 2 fully saturated rings. The van der Waals surface area contributed by atoms with Crippen molar-refractivity contribution in [2.75, 3.05) is 19.7 Å². The van der Waals surface area contributed by atoms with Crippen molar-refractivity contribution in [3.8, 4) is 0 Å². The van der Waals surface area contributed by atoms with E-state index in [9.17, 15) is 4.79 Å². The lowest BCUT2D eigenvalue weighted by Crippen LogP contribution is -2.43. The lowest BCUT2D eigenvalue weighted by Gasteiger charge is -2.23. The third kappa shape index (κ3) is 3.47. The van der Waals surface area contributed by atoms with E-state index in [-0.39, 0.29) is 11.5 Å². The van der Waals surface area contributed by atoms with Crippen LogP contribution in [0, 0.1) is 0 Å². The molecule has 1 amide bonds. The molecule has 1 saturated heterocycles. The molecule has 1 aliphatic heterocycles. The quantitative estimate of drug-likeness (QED) is 0.694. The van der Waals surface area contributed by atoms with Crippen molar-refractivity contribution < 1.29 is 9.53 Å². The normalized spacial score (nSPS) is 30.5. The van der Waals surface area contributed by atoms with Crippen LogP contribution in [0.3, 0.4) is 0 Å². The number of hydrogen-bond acceptors (Lipinski definition) is 3. The van der Waals surface area contributed by atoms with Crippen LogP contribution in [0.2, 0.25) is 0 Å². The molecule has 1 aliphatic carbocycles. The van der Waals surface area contributed by atoms with Crippen molar-refractivity contribution >= 4 is 5.91 Å². The molecule has 2 aliphatic rings. The van der Waals surface area contributed by atoms with Crippen molar-refractivity contribution in [3.63, 3.8) is 0 Å². The highest BCUT2D eigenvalue weighted by molar-refractivity contribution is 5.78. The summed E-state index contributed by atoms with van der Waals surface area (Å²) in [5.41, 5.74) is -0.130. The van der Waals surface area contributed by atoms with E-state index in [2.05, 4.69) is 17.6 Å². The van der Waals surface area contributed by atoms with Crippen LogP contribution in [0.5, 0.6) is 0 Å². The van der Waals surface area contributed by atoms with Crippen LogP contribution in [-0.4, -0.2) is 37.2 Å². The molecule has 2 N–H and O–H groups in total. The smallest absolute Gasteiger partial charge is 0.234 e. The molecule has 1 atom stereocenters. The molecule has 0 aromatic rings. The molecule has 0 aromatic heterocycles. The number of nitrogens with one attached hydrogen (secondary N) is 2. The molecular weight excluding hydrogens is 192 g/mol. The molecule has 2 rings (SSSR count). The first-order valence-corrected chi connectivity index (χ1v) is 5.82. The largest absolute Gasteiger partial charge is 0.373 e. The van der Waals surface area contributed by atoms with E-state index in [1.807, 2.05) is 0 Å². The van der Waals surface area contributed by atoms with Crippen LogP contribution in [-0.2, 0) is 9.53 Å². The molecule has 4 nitrogen and oxygen atoms in total. The van der Waals surface area contributed by atoms with E-state index in [1.54, 1.807) is 0 Å². The summed E-state index contributed by atoms with van der Waals surface area (Å²) >= 11 is 0. The summed E-state index contributed by atoms with van der Waals surface area (Å²) in [5.74, 6) is 0.0821. The molecule has 0 bridgehead atoms. The monoisotopic (exact) mass is 212 g/mol. The maximum atomic E-state index is 11.4. The average molecular weight is 212 g/mol. The van der Waals surface area contributed by atoms with Gasteiger partial charge in [0, 0.05) is 19.2 Å². The van der Waals surface area contributed by atoms with Crippen molar-refractivity contribution in [2.45, 2.75) is 44.2 Å². The van der Waals surface area contributed by atoms with Crippen LogP contribution in [0.1, 0.15) is 32.6 Å². The number of carbonyl (C=O) groups is 1. The average Bonchev–Trinajstić information content (AvgIpc) is 2.95. The number of rotatable bonds is 5. The van der Waals surface area contributed by atoms with Gasteiger partial charge in [0.25, 0.3) is 0 Å². The Kier molecular flexibility index (Phi) is 3.26.